The molecule has 1 amide bonds. The van der Waals surface area contributed by atoms with E-state index in [1.165, 1.54) is 50.6 Å². The third-order valence-electron chi connectivity index (χ3n) is 4.31. The Morgan fingerprint density at radius 3 is 2.32 bits per heavy atom. The van der Waals surface area contributed by atoms with Crippen LogP contribution in [0.15, 0.2) is 53.4 Å². The van der Waals surface area contributed by atoms with E-state index in [0.717, 1.165) is 0 Å². The van der Waals surface area contributed by atoms with Gasteiger partial charge in [-0.1, -0.05) is 23.2 Å². The van der Waals surface area contributed by atoms with Gasteiger partial charge in [0.1, 0.15) is 5.75 Å². The van der Waals surface area contributed by atoms with E-state index in [9.17, 15) is 13.2 Å². The summed E-state index contributed by atoms with van der Waals surface area (Å²) < 4.78 is 43.3. The number of carbonyl (C=O) groups is 1. The Morgan fingerprint density at radius 2 is 1.71 bits per heavy atom. The lowest BCUT2D eigenvalue weighted by Gasteiger charge is -2.16. The van der Waals surface area contributed by atoms with Crippen LogP contribution in [0.1, 0.15) is 6.92 Å². The highest BCUT2D eigenvalue weighted by atomic mass is 35.5. The van der Waals surface area contributed by atoms with Crippen LogP contribution in [0.3, 0.4) is 0 Å². The molecule has 2 aromatic carbocycles. The average Bonchev–Trinajstić information content (AvgIpc) is 2.80. The molecule has 1 atom stereocenters. The van der Waals surface area contributed by atoms with E-state index in [2.05, 4.69) is 20.0 Å². The summed E-state index contributed by atoms with van der Waals surface area (Å²) in [5.74, 6) is -0.0640. The van der Waals surface area contributed by atoms with Gasteiger partial charge in [-0.2, -0.15) is 9.97 Å². The molecule has 10 nitrogen and oxygen atoms in total. The third-order valence-corrected chi connectivity index (χ3v) is 6.21. The molecule has 0 aliphatic carbocycles. The summed E-state index contributed by atoms with van der Waals surface area (Å²) in [6.07, 6.45) is -0.883. The maximum Gasteiger partial charge on any atom is 0.321 e. The molecule has 180 valence electrons. The van der Waals surface area contributed by atoms with Crippen LogP contribution in [0.2, 0.25) is 10.0 Å². The van der Waals surface area contributed by atoms with Crippen molar-refractivity contribution in [2.45, 2.75) is 17.9 Å². The quantitative estimate of drug-likeness (QED) is 0.427. The Hall–Kier alpha value is -3.28. The van der Waals surface area contributed by atoms with E-state index in [-0.39, 0.29) is 27.6 Å². The summed E-state index contributed by atoms with van der Waals surface area (Å²) in [5.41, 5.74) is 0.368. The van der Waals surface area contributed by atoms with E-state index in [0.29, 0.717) is 16.5 Å². The Kier molecular flexibility index (Phi) is 8.02. The van der Waals surface area contributed by atoms with Crippen LogP contribution in [0.25, 0.3) is 0 Å². The maximum atomic E-state index is 12.7. The molecule has 0 spiro atoms. The number of anilines is 2. The zero-order valence-corrected chi connectivity index (χ0v) is 20.5. The third kappa shape index (κ3) is 6.40. The topological polar surface area (TPSA) is 129 Å². The predicted octanol–water partition coefficient (Wildman–Crippen LogP) is 4.01. The zero-order chi connectivity index (χ0) is 24.9. The second kappa shape index (κ2) is 10.8. The molecule has 0 saturated heterocycles. The van der Waals surface area contributed by atoms with Gasteiger partial charge < -0.3 is 19.5 Å². The molecular weight excluding hydrogens is 507 g/mol. The minimum Gasteiger partial charge on any atom is -0.481 e. The van der Waals surface area contributed by atoms with Crippen molar-refractivity contribution in [3.8, 4) is 17.6 Å². The molecular formula is C21H20Cl2N4O6S. The van der Waals surface area contributed by atoms with Crippen LogP contribution < -0.4 is 24.2 Å². The number of carbonyl (C=O) groups excluding carboxylic acids is 1. The first-order chi connectivity index (χ1) is 16.1. The molecule has 0 fully saturated rings. The molecule has 0 bridgehead atoms. The fraction of sp³-hybridized carbons (Fsp3) is 0.190. The van der Waals surface area contributed by atoms with Crippen molar-refractivity contribution < 1.29 is 27.4 Å². The molecule has 2 N–H and O–H groups in total. The lowest BCUT2D eigenvalue weighted by molar-refractivity contribution is -0.122. The number of rotatable bonds is 9. The van der Waals surface area contributed by atoms with Crippen LogP contribution in [0, 0.1) is 0 Å². The highest BCUT2D eigenvalue weighted by molar-refractivity contribution is 7.92. The molecule has 1 heterocycles. The van der Waals surface area contributed by atoms with E-state index in [4.69, 9.17) is 37.4 Å². The zero-order valence-electron chi connectivity index (χ0n) is 18.2. The summed E-state index contributed by atoms with van der Waals surface area (Å²) in [4.78, 5) is 20.3. The number of halogens is 2. The summed E-state index contributed by atoms with van der Waals surface area (Å²) in [5, 5.41) is 3.36. The first kappa shape index (κ1) is 25.3. The molecule has 34 heavy (non-hydrogen) atoms. The molecule has 0 saturated carbocycles. The smallest absolute Gasteiger partial charge is 0.321 e. The van der Waals surface area contributed by atoms with Gasteiger partial charge in [-0.25, -0.2) is 8.42 Å². The lowest BCUT2D eigenvalue weighted by Crippen LogP contribution is -2.30. The number of amides is 1. The Bertz CT molecular complexity index is 1270. The fourth-order valence-electron chi connectivity index (χ4n) is 2.62. The summed E-state index contributed by atoms with van der Waals surface area (Å²) in [7, 11) is -1.27. The van der Waals surface area contributed by atoms with Crippen LogP contribution in [0.4, 0.5) is 11.5 Å². The van der Waals surface area contributed by atoms with Crippen molar-refractivity contribution in [3.63, 3.8) is 0 Å². The number of benzene rings is 2. The highest BCUT2D eigenvalue weighted by Crippen LogP contribution is 2.28. The Morgan fingerprint density at radius 1 is 1.00 bits per heavy atom. The number of nitrogens with zero attached hydrogens (tertiary/aromatic N) is 2. The van der Waals surface area contributed by atoms with Gasteiger partial charge in [0, 0.05) is 16.8 Å². The first-order valence-electron chi connectivity index (χ1n) is 9.64. The average molecular weight is 527 g/mol. The number of hydrogen-bond acceptors (Lipinski definition) is 8. The fourth-order valence-corrected chi connectivity index (χ4v) is 4.07. The first-order valence-corrected chi connectivity index (χ1v) is 11.9. The molecule has 3 rings (SSSR count). The van der Waals surface area contributed by atoms with Gasteiger partial charge in [0.2, 0.25) is 5.88 Å². The summed E-state index contributed by atoms with van der Waals surface area (Å²) in [6, 6.07) is 11.4. The van der Waals surface area contributed by atoms with E-state index in [1.54, 1.807) is 19.1 Å². The van der Waals surface area contributed by atoms with Crippen LogP contribution in [0.5, 0.6) is 17.6 Å². The monoisotopic (exact) mass is 526 g/mol. The van der Waals surface area contributed by atoms with Crippen LogP contribution in [-0.4, -0.2) is 44.6 Å². The Labute approximate surface area is 206 Å². The second-order valence-corrected chi connectivity index (χ2v) is 9.26. The molecule has 0 aliphatic heterocycles. The van der Waals surface area contributed by atoms with E-state index in [1.807, 2.05) is 0 Å². The minimum atomic E-state index is -3.99. The summed E-state index contributed by atoms with van der Waals surface area (Å²) >= 11 is 11.9. The molecule has 13 heteroatoms. The minimum absolute atomic E-state index is 0.0343. The number of methoxy groups -OCH3 is 2. The largest absolute Gasteiger partial charge is 0.481 e. The predicted molar refractivity (Wildman–Crippen MR) is 128 cm³/mol. The van der Waals surface area contributed by atoms with E-state index >= 15 is 0 Å². The van der Waals surface area contributed by atoms with Crippen molar-refractivity contribution in [1.29, 1.82) is 0 Å². The van der Waals surface area contributed by atoms with Gasteiger partial charge >= 0.3 is 6.01 Å². The number of hydrogen-bond donors (Lipinski definition) is 2. The summed E-state index contributed by atoms with van der Waals surface area (Å²) in [6.45, 7) is 1.55. The standard InChI is InChI=1S/C21H20Cl2N4O6S/c1-12(33-17-9-4-13(22)10-16(17)23)20(28)24-14-5-7-15(8-6-14)34(29,30)27-18-11-19(31-2)26-21(25-18)32-3/h4-12H,1-3H3,(H,24,28)(H,25,26,27)/t12-/m1/s1. The molecule has 0 unspecified atom stereocenters. The van der Waals surface area contributed by atoms with Gasteiger partial charge in [0.25, 0.3) is 15.9 Å². The van der Waals surface area contributed by atoms with Crippen molar-refractivity contribution in [1.82, 2.24) is 9.97 Å². The SMILES string of the molecule is COc1cc(NS(=O)(=O)c2ccc(NC(=O)[C@@H](C)Oc3ccc(Cl)cc3Cl)cc2)nc(OC)n1. The molecule has 1 aromatic heterocycles. The maximum absolute atomic E-state index is 12.7. The van der Waals surface area contributed by atoms with Gasteiger partial charge in [0.15, 0.2) is 11.9 Å². The van der Waals surface area contributed by atoms with Crippen molar-refractivity contribution in [2.24, 2.45) is 0 Å². The number of aromatic nitrogens is 2. The number of sulfonamides is 1. The van der Waals surface area contributed by atoms with Crippen LogP contribution >= 0.6 is 23.2 Å². The van der Waals surface area contributed by atoms with Crippen molar-refractivity contribution in [2.75, 3.05) is 24.3 Å². The van der Waals surface area contributed by atoms with Gasteiger partial charge in [-0.15, -0.1) is 0 Å². The Balaban J connectivity index is 1.67. The molecule has 0 aliphatic rings. The highest BCUT2D eigenvalue weighted by Gasteiger charge is 2.19. The second-order valence-electron chi connectivity index (χ2n) is 6.74. The lowest BCUT2D eigenvalue weighted by atomic mass is 10.3. The molecule has 3 aromatic rings. The normalized spacial score (nSPS) is 11.9. The van der Waals surface area contributed by atoms with Gasteiger partial charge in [-0.05, 0) is 49.4 Å². The van der Waals surface area contributed by atoms with Gasteiger partial charge in [-0.3, -0.25) is 9.52 Å². The number of ether oxygens (including phenoxy) is 3. The van der Waals surface area contributed by atoms with Crippen molar-refractivity contribution in [3.05, 3.63) is 58.6 Å². The van der Waals surface area contributed by atoms with Crippen molar-refractivity contribution >= 4 is 50.6 Å². The van der Waals surface area contributed by atoms with Crippen LogP contribution in [-0.2, 0) is 14.8 Å². The number of nitrogens with one attached hydrogen (secondary N) is 2. The van der Waals surface area contributed by atoms with E-state index < -0.39 is 22.0 Å². The van der Waals surface area contributed by atoms with Gasteiger partial charge in [0.05, 0.1) is 24.1 Å². The molecule has 0 radical (unpaired) electrons.